The van der Waals surface area contributed by atoms with E-state index in [4.69, 9.17) is 0 Å². The average molecular weight is 308 g/mol. The van der Waals surface area contributed by atoms with Gasteiger partial charge in [-0.2, -0.15) is 0 Å². The predicted octanol–water partition coefficient (Wildman–Crippen LogP) is 3.98. The Morgan fingerprint density at radius 2 is 1.73 bits per heavy atom. The number of halogens is 4. The number of hydrogen-bond donors (Lipinski definition) is 2. The van der Waals surface area contributed by atoms with Gasteiger partial charge in [-0.1, -0.05) is 0 Å². The van der Waals surface area contributed by atoms with Gasteiger partial charge in [0.15, 0.2) is 17.5 Å². The van der Waals surface area contributed by atoms with Crippen LogP contribution in [0.2, 0.25) is 0 Å². The number of hydrogen-bond acceptors (Lipinski definition) is 1. The summed E-state index contributed by atoms with van der Waals surface area (Å²) in [5.74, 6) is -5.74. The van der Waals surface area contributed by atoms with E-state index < -0.39 is 34.9 Å². The predicted molar refractivity (Wildman–Crippen MR) is 72.5 cm³/mol. The molecule has 0 saturated carbocycles. The monoisotopic (exact) mass is 308 g/mol. The van der Waals surface area contributed by atoms with Gasteiger partial charge in [-0.25, -0.2) is 17.6 Å². The van der Waals surface area contributed by atoms with Crippen molar-refractivity contribution in [2.24, 2.45) is 0 Å². The fraction of sp³-hybridized carbons (Fsp3) is 0. The van der Waals surface area contributed by atoms with Crippen molar-refractivity contribution in [2.75, 3.05) is 5.32 Å². The number of carbonyl (C=O) groups is 1. The van der Waals surface area contributed by atoms with Crippen LogP contribution in [0.15, 0.2) is 36.4 Å². The summed E-state index contributed by atoms with van der Waals surface area (Å²) in [4.78, 5) is 14.7. The van der Waals surface area contributed by atoms with Crippen LogP contribution in [0, 0.1) is 23.3 Å². The summed E-state index contributed by atoms with van der Waals surface area (Å²) in [5, 5.41) is 2.58. The standard InChI is InChI=1S/C15H8F4N2O/c16-8-1-3-10-7(5-8)6-12(20-10)15(22)21-11-4-2-9(17)13(18)14(11)19/h1-6,20H,(H,21,22). The summed E-state index contributed by atoms with van der Waals surface area (Å²) in [6.45, 7) is 0. The van der Waals surface area contributed by atoms with Gasteiger partial charge in [-0.15, -0.1) is 0 Å². The van der Waals surface area contributed by atoms with Gasteiger partial charge in [0.05, 0.1) is 5.69 Å². The molecule has 3 nitrogen and oxygen atoms in total. The minimum atomic E-state index is -1.67. The minimum absolute atomic E-state index is 0.0322. The first-order valence-electron chi connectivity index (χ1n) is 6.19. The van der Waals surface area contributed by atoms with Crippen LogP contribution in [0.5, 0.6) is 0 Å². The van der Waals surface area contributed by atoms with Crippen molar-refractivity contribution in [3.8, 4) is 0 Å². The first kappa shape index (κ1) is 14.1. The third-order valence-corrected chi connectivity index (χ3v) is 3.11. The number of amides is 1. The number of aromatic nitrogens is 1. The second kappa shape index (κ2) is 5.18. The maximum absolute atomic E-state index is 13.5. The summed E-state index contributed by atoms with van der Waals surface area (Å²) in [5.41, 5.74) is 0.0516. The first-order valence-corrected chi connectivity index (χ1v) is 6.19. The maximum Gasteiger partial charge on any atom is 0.272 e. The molecule has 22 heavy (non-hydrogen) atoms. The van der Waals surface area contributed by atoms with E-state index in [2.05, 4.69) is 10.3 Å². The number of anilines is 1. The third kappa shape index (κ3) is 2.41. The summed E-state index contributed by atoms with van der Waals surface area (Å²) in [6.07, 6.45) is 0. The molecule has 0 aliphatic heterocycles. The zero-order valence-corrected chi connectivity index (χ0v) is 10.9. The van der Waals surface area contributed by atoms with Gasteiger partial charge in [0.2, 0.25) is 0 Å². The van der Waals surface area contributed by atoms with Crippen LogP contribution in [0.1, 0.15) is 10.5 Å². The van der Waals surface area contributed by atoms with Crippen LogP contribution in [0.25, 0.3) is 10.9 Å². The lowest BCUT2D eigenvalue weighted by Gasteiger charge is -2.06. The molecule has 0 radical (unpaired) electrons. The van der Waals surface area contributed by atoms with Crippen LogP contribution < -0.4 is 5.32 Å². The SMILES string of the molecule is O=C(Nc1ccc(F)c(F)c1F)c1cc2cc(F)ccc2[nH]1. The molecule has 0 aliphatic rings. The highest BCUT2D eigenvalue weighted by Gasteiger charge is 2.17. The molecule has 0 bridgehead atoms. The van der Waals surface area contributed by atoms with Gasteiger partial charge in [-0.05, 0) is 36.4 Å². The van der Waals surface area contributed by atoms with Crippen molar-refractivity contribution >= 4 is 22.5 Å². The van der Waals surface area contributed by atoms with Crippen molar-refractivity contribution in [3.05, 3.63) is 65.4 Å². The van der Waals surface area contributed by atoms with Crippen LogP contribution >= 0.6 is 0 Å². The van der Waals surface area contributed by atoms with Gasteiger partial charge >= 0.3 is 0 Å². The summed E-state index contributed by atoms with van der Waals surface area (Å²) in [7, 11) is 0. The summed E-state index contributed by atoms with van der Waals surface area (Å²) < 4.78 is 52.5. The quantitative estimate of drug-likeness (QED) is 0.546. The molecule has 0 spiro atoms. The smallest absolute Gasteiger partial charge is 0.272 e. The second-order valence-corrected chi connectivity index (χ2v) is 4.59. The Bertz CT molecular complexity index is 889. The molecule has 7 heteroatoms. The molecule has 0 atom stereocenters. The van der Waals surface area contributed by atoms with Crippen molar-refractivity contribution in [2.45, 2.75) is 0 Å². The Morgan fingerprint density at radius 3 is 2.50 bits per heavy atom. The number of rotatable bonds is 2. The van der Waals surface area contributed by atoms with Gasteiger partial charge in [0.1, 0.15) is 11.5 Å². The number of carbonyl (C=O) groups excluding carboxylic acids is 1. The Balaban J connectivity index is 1.92. The lowest BCUT2D eigenvalue weighted by atomic mass is 10.2. The highest BCUT2D eigenvalue weighted by molar-refractivity contribution is 6.05. The van der Waals surface area contributed by atoms with Gasteiger partial charge in [-0.3, -0.25) is 4.79 Å². The lowest BCUT2D eigenvalue weighted by molar-refractivity contribution is 0.102. The van der Waals surface area contributed by atoms with Gasteiger partial charge in [0, 0.05) is 10.9 Å². The van der Waals surface area contributed by atoms with Gasteiger partial charge in [0.25, 0.3) is 5.91 Å². The van der Waals surface area contributed by atoms with Crippen LogP contribution in [0.3, 0.4) is 0 Å². The van der Waals surface area contributed by atoms with E-state index in [1.165, 1.54) is 24.3 Å². The molecule has 3 rings (SSSR count). The second-order valence-electron chi connectivity index (χ2n) is 4.59. The minimum Gasteiger partial charge on any atom is -0.351 e. The molecule has 1 amide bonds. The number of H-pyrrole nitrogens is 1. The fourth-order valence-corrected chi connectivity index (χ4v) is 2.04. The molecule has 1 aromatic heterocycles. The van der Waals surface area contributed by atoms with E-state index >= 15 is 0 Å². The molecule has 2 aromatic carbocycles. The fourth-order valence-electron chi connectivity index (χ4n) is 2.04. The van der Waals surface area contributed by atoms with E-state index in [0.717, 1.165) is 6.07 Å². The van der Waals surface area contributed by atoms with E-state index in [0.29, 0.717) is 17.0 Å². The van der Waals surface area contributed by atoms with Gasteiger partial charge < -0.3 is 10.3 Å². The molecular weight excluding hydrogens is 300 g/mol. The van der Waals surface area contributed by atoms with Crippen LogP contribution in [0.4, 0.5) is 23.2 Å². The molecule has 0 unspecified atom stereocenters. The van der Waals surface area contributed by atoms with Crippen LogP contribution in [-0.2, 0) is 0 Å². The van der Waals surface area contributed by atoms with Crippen molar-refractivity contribution < 1.29 is 22.4 Å². The Morgan fingerprint density at radius 1 is 0.955 bits per heavy atom. The zero-order valence-electron chi connectivity index (χ0n) is 10.9. The highest BCUT2D eigenvalue weighted by Crippen LogP contribution is 2.21. The topological polar surface area (TPSA) is 44.9 Å². The molecule has 0 saturated heterocycles. The van der Waals surface area contributed by atoms with E-state index in [1.54, 1.807) is 0 Å². The van der Waals surface area contributed by atoms with Crippen molar-refractivity contribution in [1.82, 2.24) is 4.98 Å². The number of aromatic amines is 1. The van der Waals surface area contributed by atoms with Crippen LogP contribution in [-0.4, -0.2) is 10.9 Å². The Kier molecular flexibility index (Phi) is 3.32. The molecule has 0 fully saturated rings. The molecule has 3 aromatic rings. The average Bonchev–Trinajstić information content (AvgIpc) is 2.91. The zero-order chi connectivity index (χ0) is 15.9. The largest absolute Gasteiger partial charge is 0.351 e. The molecule has 2 N–H and O–H groups in total. The first-order chi connectivity index (χ1) is 10.5. The Hall–Kier alpha value is -2.83. The lowest BCUT2D eigenvalue weighted by Crippen LogP contribution is -2.14. The molecule has 0 aliphatic carbocycles. The summed E-state index contributed by atoms with van der Waals surface area (Å²) >= 11 is 0. The number of nitrogens with one attached hydrogen (secondary N) is 2. The molecule has 112 valence electrons. The Labute approximate surface area is 121 Å². The van der Waals surface area contributed by atoms with E-state index in [-0.39, 0.29) is 5.69 Å². The van der Waals surface area contributed by atoms with E-state index in [1.807, 2.05) is 0 Å². The number of fused-ring (bicyclic) bond motifs is 1. The maximum atomic E-state index is 13.5. The number of benzene rings is 2. The highest BCUT2D eigenvalue weighted by atomic mass is 19.2. The third-order valence-electron chi connectivity index (χ3n) is 3.11. The van der Waals surface area contributed by atoms with E-state index in [9.17, 15) is 22.4 Å². The van der Waals surface area contributed by atoms with Crippen molar-refractivity contribution in [1.29, 1.82) is 0 Å². The summed E-state index contributed by atoms with van der Waals surface area (Å²) in [6, 6.07) is 6.87. The normalized spacial score (nSPS) is 10.9. The van der Waals surface area contributed by atoms with Crippen molar-refractivity contribution in [3.63, 3.8) is 0 Å². The molecular formula is C15H8F4N2O. The molecule has 1 heterocycles.